The molecule has 0 aliphatic carbocycles. The Bertz CT molecular complexity index is 439. The molecule has 0 spiro atoms. The van der Waals surface area contributed by atoms with Gasteiger partial charge in [0.2, 0.25) is 0 Å². The van der Waals surface area contributed by atoms with Gasteiger partial charge in [0.05, 0.1) is 6.61 Å². The minimum absolute atomic E-state index is 0.101. The van der Waals surface area contributed by atoms with Gasteiger partial charge in [0.15, 0.2) is 12.4 Å². The first-order valence-corrected chi connectivity index (χ1v) is 6.74. The van der Waals surface area contributed by atoms with E-state index in [2.05, 4.69) is 27.5 Å². The van der Waals surface area contributed by atoms with Crippen LogP contribution in [0.5, 0.6) is 0 Å². The fourth-order valence-corrected chi connectivity index (χ4v) is 2.67. The molecule has 6 nitrogen and oxygen atoms in total. The van der Waals surface area contributed by atoms with Gasteiger partial charge in [-0.2, -0.15) is 0 Å². The van der Waals surface area contributed by atoms with Crippen LogP contribution in [0.4, 0.5) is 4.39 Å². The monoisotopic (exact) mass is 335 g/mol. The summed E-state index contributed by atoms with van der Waals surface area (Å²) in [4.78, 5) is 5.24. The number of alkyl halides is 2. The highest BCUT2D eigenvalue weighted by Gasteiger charge is 2.56. The van der Waals surface area contributed by atoms with Crippen molar-refractivity contribution in [3.8, 4) is 0 Å². The molecule has 106 valence electrons. The lowest BCUT2D eigenvalue weighted by atomic mass is 9.99. The van der Waals surface area contributed by atoms with Crippen LogP contribution in [-0.4, -0.2) is 57.0 Å². The van der Waals surface area contributed by atoms with Crippen LogP contribution in [-0.2, 0) is 4.74 Å². The SMILES string of the molecule is C=C1N=C(N)C=CN1[C@@H]1O[C@@](CO)(CBr)[C@@H](O)[C@H]1F. The second-order valence-corrected chi connectivity index (χ2v) is 4.99. The number of nitrogens with zero attached hydrogens (tertiary/aromatic N) is 2. The summed E-state index contributed by atoms with van der Waals surface area (Å²) in [7, 11) is 0. The van der Waals surface area contributed by atoms with Crippen LogP contribution in [0.15, 0.2) is 29.7 Å². The van der Waals surface area contributed by atoms with E-state index in [1.54, 1.807) is 0 Å². The summed E-state index contributed by atoms with van der Waals surface area (Å²) >= 11 is 3.12. The summed E-state index contributed by atoms with van der Waals surface area (Å²) < 4.78 is 19.7. The molecule has 0 aromatic rings. The Hall–Kier alpha value is -0.960. The van der Waals surface area contributed by atoms with Crippen molar-refractivity contribution in [3.05, 3.63) is 24.7 Å². The number of amidine groups is 1. The molecule has 0 saturated carbocycles. The Labute approximate surface area is 118 Å². The Morgan fingerprint density at radius 2 is 2.37 bits per heavy atom. The van der Waals surface area contributed by atoms with Gasteiger partial charge in [-0.05, 0) is 6.08 Å². The predicted octanol–water partition coefficient (Wildman–Crippen LogP) is -0.175. The van der Waals surface area contributed by atoms with Crippen molar-refractivity contribution in [2.24, 2.45) is 10.7 Å². The van der Waals surface area contributed by atoms with Gasteiger partial charge < -0.3 is 25.6 Å². The molecule has 4 N–H and O–H groups in total. The lowest BCUT2D eigenvalue weighted by Gasteiger charge is -2.31. The largest absolute Gasteiger partial charge is 0.393 e. The zero-order chi connectivity index (χ0) is 14.2. The number of ether oxygens (including phenoxy) is 1. The Morgan fingerprint density at radius 3 is 2.84 bits per heavy atom. The zero-order valence-electron chi connectivity index (χ0n) is 10.0. The van der Waals surface area contributed by atoms with E-state index in [-0.39, 0.29) is 17.0 Å². The van der Waals surface area contributed by atoms with Crippen LogP contribution < -0.4 is 5.73 Å². The van der Waals surface area contributed by atoms with E-state index in [1.807, 2.05) is 0 Å². The molecule has 8 heteroatoms. The van der Waals surface area contributed by atoms with E-state index in [1.165, 1.54) is 17.2 Å². The molecular weight excluding hydrogens is 321 g/mol. The van der Waals surface area contributed by atoms with Crippen molar-refractivity contribution >= 4 is 21.8 Å². The summed E-state index contributed by atoms with van der Waals surface area (Å²) in [6.07, 6.45) is -1.31. The lowest BCUT2D eigenvalue weighted by molar-refractivity contribution is -0.119. The third-order valence-corrected chi connectivity index (χ3v) is 4.15. The summed E-state index contributed by atoms with van der Waals surface area (Å²) in [5.74, 6) is 0.465. The lowest BCUT2D eigenvalue weighted by Crippen LogP contribution is -2.47. The van der Waals surface area contributed by atoms with Crippen LogP contribution in [0.3, 0.4) is 0 Å². The third kappa shape index (κ3) is 2.29. The number of aliphatic hydroxyl groups excluding tert-OH is 2. The van der Waals surface area contributed by atoms with E-state index in [0.29, 0.717) is 0 Å². The molecule has 0 radical (unpaired) electrons. The number of halogens is 2. The fraction of sp³-hybridized carbons (Fsp3) is 0.545. The summed E-state index contributed by atoms with van der Waals surface area (Å²) in [6, 6.07) is 0. The molecular formula is C11H15BrFN3O3. The molecule has 4 atom stereocenters. The summed E-state index contributed by atoms with van der Waals surface area (Å²) in [5, 5.41) is 19.4. The van der Waals surface area contributed by atoms with Gasteiger partial charge in [-0.25, -0.2) is 9.38 Å². The maximum Gasteiger partial charge on any atom is 0.174 e. The first kappa shape index (κ1) is 14.4. The number of hydrogen-bond donors (Lipinski definition) is 3. The van der Waals surface area contributed by atoms with Crippen LogP contribution in [0.2, 0.25) is 0 Å². The molecule has 0 amide bonds. The number of aliphatic imine (C=N–C) groups is 1. The molecule has 19 heavy (non-hydrogen) atoms. The van der Waals surface area contributed by atoms with Crippen molar-refractivity contribution < 1.29 is 19.3 Å². The molecule has 1 fully saturated rings. The Balaban J connectivity index is 2.24. The highest BCUT2D eigenvalue weighted by Crippen LogP contribution is 2.37. The molecule has 0 bridgehead atoms. The van der Waals surface area contributed by atoms with Crippen LogP contribution in [0, 0.1) is 0 Å². The van der Waals surface area contributed by atoms with E-state index in [9.17, 15) is 14.6 Å². The van der Waals surface area contributed by atoms with Gasteiger partial charge in [-0.1, -0.05) is 22.5 Å². The van der Waals surface area contributed by atoms with E-state index in [4.69, 9.17) is 10.5 Å². The number of nitrogens with two attached hydrogens (primary N) is 1. The Morgan fingerprint density at radius 1 is 1.68 bits per heavy atom. The van der Waals surface area contributed by atoms with Gasteiger partial charge in [0, 0.05) is 11.5 Å². The maximum absolute atomic E-state index is 14.2. The van der Waals surface area contributed by atoms with Crippen molar-refractivity contribution in [1.29, 1.82) is 0 Å². The smallest absolute Gasteiger partial charge is 0.174 e. The van der Waals surface area contributed by atoms with Crippen molar-refractivity contribution in [1.82, 2.24) is 4.90 Å². The summed E-state index contributed by atoms with van der Waals surface area (Å²) in [6.45, 7) is 3.15. The first-order valence-electron chi connectivity index (χ1n) is 5.61. The van der Waals surface area contributed by atoms with Crippen LogP contribution in [0.1, 0.15) is 0 Å². The normalized spacial score (nSPS) is 38.7. The molecule has 2 heterocycles. The summed E-state index contributed by atoms with van der Waals surface area (Å²) in [5.41, 5.74) is 4.11. The second kappa shape index (κ2) is 5.20. The average molecular weight is 336 g/mol. The fourth-order valence-electron chi connectivity index (χ4n) is 2.03. The highest BCUT2D eigenvalue weighted by molar-refractivity contribution is 9.09. The quantitative estimate of drug-likeness (QED) is 0.623. The standard InChI is InChI=1S/C11H15BrFN3O3/c1-6-15-7(14)2-3-16(6)10-8(13)9(18)11(4-12,5-17)19-10/h2-3,8-10,17-18H,1,4-5H2,(H2,14,15)/t8-,9+,10-,11-/m1/s1. The van der Waals surface area contributed by atoms with Crippen LogP contribution in [0.25, 0.3) is 0 Å². The molecule has 2 rings (SSSR count). The third-order valence-electron chi connectivity index (χ3n) is 3.20. The molecule has 2 aliphatic rings. The van der Waals surface area contributed by atoms with Gasteiger partial charge in [-0.15, -0.1) is 0 Å². The molecule has 0 aromatic heterocycles. The predicted molar refractivity (Wildman–Crippen MR) is 71.1 cm³/mol. The number of hydrogen-bond acceptors (Lipinski definition) is 6. The molecule has 1 saturated heterocycles. The minimum atomic E-state index is -1.71. The number of rotatable bonds is 3. The van der Waals surface area contributed by atoms with E-state index >= 15 is 0 Å². The number of aliphatic hydroxyl groups is 2. The average Bonchev–Trinajstić information content (AvgIpc) is 2.64. The highest BCUT2D eigenvalue weighted by atomic mass is 79.9. The molecule has 0 unspecified atom stereocenters. The maximum atomic E-state index is 14.2. The van der Waals surface area contributed by atoms with Gasteiger partial charge in [0.25, 0.3) is 0 Å². The van der Waals surface area contributed by atoms with Crippen molar-refractivity contribution in [3.63, 3.8) is 0 Å². The topological polar surface area (TPSA) is 91.3 Å². The van der Waals surface area contributed by atoms with Gasteiger partial charge in [0.1, 0.15) is 23.4 Å². The molecule has 2 aliphatic heterocycles. The Kier molecular flexibility index (Phi) is 3.95. The second-order valence-electron chi connectivity index (χ2n) is 4.43. The van der Waals surface area contributed by atoms with Crippen LogP contribution >= 0.6 is 15.9 Å². The van der Waals surface area contributed by atoms with Crippen molar-refractivity contribution in [2.45, 2.75) is 24.1 Å². The first-order chi connectivity index (χ1) is 8.95. The van der Waals surface area contributed by atoms with Gasteiger partial charge in [-0.3, -0.25) is 0 Å². The van der Waals surface area contributed by atoms with E-state index < -0.39 is 30.7 Å². The minimum Gasteiger partial charge on any atom is -0.393 e. The van der Waals surface area contributed by atoms with Gasteiger partial charge >= 0.3 is 0 Å². The van der Waals surface area contributed by atoms with Crippen molar-refractivity contribution in [2.75, 3.05) is 11.9 Å². The zero-order valence-corrected chi connectivity index (χ0v) is 11.6. The molecule has 0 aromatic carbocycles. The van der Waals surface area contributed by atoms with E-state index in [0.717, 1.165) is 0 Å².